The van der Waals surface area contributed by atoms with Crippen molar-refractivity contribution in [3.8, 4) is 0 Å². The van der Waals surface area contributed by atoms with Crippen LogP contribution >= 0.6 is 0 Å². The van der Waals surface area contributed by atoms with E-state index in [9.17, 15) is 24.0 Å². The van der Waals surface area contributed by atoms with Gasteiger partial charge in [-0.05, 0) is 19.4 Å². The van der Waals surface area contributed by atoms with Gasteiger partial charge in [-0.3, -0.25) is 10.1 Å². The van der Waals surface area contributed by atoms with Gasteiger partial charge < -0.3 is 5.11 Å². The molecular formula is C10H11F2NO3. The number of nitro benzene ring substituents is 1. The predicted octanol–water partition coefficient (Wildman–Crippen LogP) is 2.38. The lowest BCUT2D eigenvalue weighted by molar-refractivity contribution is -0.385. The lowest BCUT2D eigenvalue weighted by Crippen LogP contribution is -2.30. The van der Waals surface area contributed by atoms with Gasteiger partial charge in [0.05, 0.1) is 4.92 Å². The van der Waals surface area contributed by atoms with Gasteiger partial charge in [0.2, 0.25) is 0 Å². The molecule has 0 bridgehead atoms. The number of hydrogen-bond donors (Lipinski definition) is 1. The van der Waals surface area contributed by atoms with Crippen molar-refractivity contribution in [2.45, 2.75) is 25.9 Å². The quantitative estimate of drug-likeness (QED) is 0.641. The monoisotopic (exact) mass is 231 g/mol. The number of hydrogen-bond acceptors (Lipinski definition) is 3. The second-order valence-corrected chi connectivity index (χ2v) is 3.71. The van der Waals surface area contributed by atoms with Gasteiger partial charge in [-0.15, -0.1) is 0 Å². The third-order valence-corrected chi connectivity index (χ3v) is 2.42. The number of nitrogens with zero attached hydrogens (tertiary/aromatic N) is 1. The molecule has 1 aromatic rings. The van der Waals surface area contributed by atoms with E-state index in [0.717, 1.165) is 13.0 Å². The molecule has 0 amide bonds. The molecule has 0 heterocycles. The summed E-state index contributed by atoms with van der Waals surface area (Å²) in [5.74, 6) is 0. The van der Waals surface area contributed by atoms with Crippen LogP contribution in [0.4, 0.5) is 14.5 Å². The summed E-state index contributed by atoms with van der Waals surface area (Å²) in [6.07, 6.45) is -3.00. The smallest absolute Gasteiger partial charge is 0.272 e. The van der Waals surface area contributed by atoms with Crippen LogP contribution in [0.3, 0.4) is 0 Å². The number of aryl methyl sites for hydroxylation is 1. The molecule has 6 heteroatoms. The topological polar surface area (TPSA) is 63.4 Å². The molecule has 0 saturated heterocycles. The summed E-state index contributed by atoms with van der Waals surface area (Å²) in [7, 11) is 0. The average molecular weight is 231 g/mol. The first-order valence-electron chi connectivity index (χ1n) is 4.53. The first-order valence-corrected chi connectivity index (χ1v) is 4.53. The van der Waals surface area contributed by atoms with Crippen LogP contribution in [0.2, 0.25) is 0 Å². The van der Waals surface area contributed by atoms with E-state index in [0.29, 0.717) is 5.56 Å². The fourth-order valence-corrected chi connectivity index (χ4v) is 1.25. The van der Waals surface area contributed by atoms with Gasteiger partial charge in [-0.2, -0.15) is 0 Å². The highest BCUT2D eigenvalue weighted by molar-refractivity contribution is 5.44. The van der Waals surface area contributed by atoms with Gasteiger partial charge in [0, 0.05) is 11.6 Å². The van der Waals surface area contributed by atoms with Gasteiger partial charge in [0.25, 0.3) is 12.1 Å². The summed E-state index contributed by atoms with van der Waals surface area (Å²) < 4.78 is 25.0. The van der Waals surface area contributed by atoms with Crippen molar-refractivity contribution in [2.24, 2.45) is 0 Å². The Morgan fingerprint density at radius 2 is 2.06 bits per heavy atom. The molecule has 16 heavy (non-hydrogen) atoms. The highest BCUT2D eigenvalue weighted by Gasteiger charge is 2.35. The molecule has 0 spiro atoms. The van der Waals surface area contributed by atoms with Gasteiger partial charge in [0.1, 0.15) is 5.60 Å². The number of aliphatic hydroxyl groups is 1. The lowest BCUT2D eigenvalue weighted by atomic mass is 9.95. The van der Waals surface area contributed by atoms with Crippen molar-refractivity contribution in [3.63, 3.8) is 0 Å². The summed E-state index contributed by atoms with van der Waals surface area (Å²) in [6, 6.07) is 3.57. The Hall–Kier alpha value is -1.56. The maximum atomic E-state index is 12.5. The third kappa shape index (κ3) is 2.16. The lowest BCUT2D eigenvalue weighted by Gasteiger charge is -2.22. The Morgan fingerprint density at radius 1 is 1.50 bits per heavy atom. The molecular weight excluding hydrogens is 220 g/mol. The minimum atomic E-state index is -3.00. The van der Waals surface area contributed by atoms with E-state index in [4.69, 9.17) is 0 Å². The van der Waals surface area contributed by atoms with E-state index in [1.165, 1.54) is 19.1 Å². The first kappa shape index (κ1) is 12.5. The van der Waals surface area contributed by atoms with Crippen LogP contribution in [-0.2, 0) is 5.60 Å². The van der Waals surface area contributed by atoms with Crippen LogP contribution in [0.25, 0.3) is 0 Å². The Balaban J connectivity index is 3.28. The first-order chi connectivity index (χ1) is 7.26. The van der Waals surface area contributed by atoms with Crippen molar-refractivity contribution >= 4 is 5.69 Å². The van der Waals surface area contributed by atoms with Crippen molar-refractivity contribution in [1.82, 2.24) is 0 Å². The third-order valence-electron chi connectivity index (χ3n) is 2.42. The van der Waals surface area contributed by atoms with Crippen molar-refractivity contribution in [2.75, 3.05) is 0 Å². The predicted molar refractivity (Wildman–Crippen MR) is 53.4 cm³/mol. The second kappa shape index (κ2) is 4.13. The Kier molecular flexibility index (Phi) is 3.23. The maximum absolute atomic E-state index is 12.5. The molecule has 88 valence electrons. The van der Waals surface area contributed by atoms with E-state index in [2.05, 4.69) is 0 Å². The summed E-state index contributed by atoms with van der Waals surface area (Å²) >= 11 is 0. The average Bonchev–Trinajstić information content (AvgIpc) is 2.17. The summed E-state index contributed by atoms with van der Waals surface area (Å²) in [4.78, 5) is 9.94. The Bertz CT molecular complexity index is 419. The van der Waals surface area contributed by atoms with Gasteiger partial charge in [-0.25, -0.2) is 8.78 Å². The number of alkyl halides is 2. The van der Waals surface area contributed by atoms with Crippen LogP contribution in [0.1, 0.15) is 18.1 Å². The fourth-order valence-electron chi connectivity index (χ4n) is 1.25. The number of nitro groups is 1. The molecule has 0 saturated carbocycles. The van der Waals surface area contributed by atoms with Crippen molar-refractivity contribution in [3.05, 3.63) is 39.4 Å². The molecule has 0 radical (unpaired) electrons. The molecule has 0 fully saturated rings. The standard InChI is InChI=1S/C10H11F2NO3/c1-6-3-4-7(5-8(6)13(15)16)10(2,14)9(11)12/h3-5,9,14H,1-2H3. The minimum Gasteiger partial charge on any atom is -0.379 e. The maximum Gasteiger partial charge on any atom is 0.272 e. The van der Waals surface area contributed by atoms with Crippen LogP contribution in [0.5, 0.6) is 0 Å². The largest absolute Gasteiger partial charge is 0.379 e. The van der Waals surface area contributed by atoms with E-state index < -0.39 is 16.9 Å². The number of rotatable bonds is 3. The van der Waals surface area contributed by atoms with Crippen LogP contribution in [-0.4, -0.2) is 16.5 Å². The Labute approximate surface area is 90.7 Å². The molecule has 1 unspecified atom stereocenters. The highest BCUT2D eigenvalue weighted by atomic mass is 19.3. The van der Waals surface area contributed by atoms with E-state index in [1.54, 1.807) is 0 Å². The zero-order valence-corrected chi connectivity index (χ0v) is 8.78. The van der Waals surface area contributed by atoms with Gasteiger partial charge in [0.15, 0.2) is 0 Å². The number of benzene rings is 1. The molecule has 1 aromatic carbocycles. The molecule has 0 aliphatic heterocycles. The molecule has 0 aromatic heterocycles. The molecule has 4 nitrogen and oxygen atoms in total. The summed E-state index contributed by atoms with van der Waals surface area (Å²) in [6.45, 7) is 2.42. The van der Waals surface area contributed by atoms with Crippen molar-refractivity contribution < 1.29 is 18.8 Å². The van der Waals surface area contributed by atoms with Crippen molar-refractivity contribution in [1.29, 1.82) is 0 Å². The minimum absolute atomic E-state index is 0.167. The Morgan fingerprint density at radius 3 is 2.50 bits per heavy atom. The van der Waals surface area contributed by atoms with E-state index in [1.807, 2.05) is 0 Å². The zero-order chi connectivity index (χ0) is 12.5. The van der Waals surface area contributed by atoms with Gasteiger partial charge >= 0.3 is 0 Å². The summed E-state index contributed by atoms with van der Waals surface area (Å²) in [5, 5.41) is 20.1. The van der Waals surface area contributed by atoms with E-state index >= 15 is 0 Å². The van der Waals surface area contributed by atoms with Crippen LogP contribution in [0.15, 0.2) is 18.2 Å². The second-order valence-electron chi connectivity index (χ2n) is 3.71. The normalized spacial score (nSPS) is 14.9. The van der Waals surface area contributed by atoms with Gasteiger partial charge in [-0.1, -0.05) is 12.1 Å². The number of halogens is 2. The molecule has 1 rings (SSSR count). The molecule has 1 atom stereocenters. The highest BCUT2D eigenvalue weighted by Crippen LogP contribution is 2.31. The molecule has 1 N–H and O–H groups in total. The summed E-state index contributed by atoms with van der Waals surface area (Å²) in [5.41, 5.74) is -2.46. The van der Waals surface area contributed by atoms with E-state index in [-0.39, 0.29) is 11.3 Å². The van der Waals surface area contributed by atoms with Crippen LogP contribution in [0, 0.1) is 17.0 Å². The SMILES string of the molecule is Cc1ccc(C(C)(O)C(F)F)cc1[N+](=O)[O-]. The van der Waals surface area contributed by atoms with Crippen LogP contribution < -0.4 is 0 Å². The fraction of sp³-hybridized carbons (Fsp3) is 0.400. The zero-order valence-electron chi connectivity index (χ0n) is 8.78. The molecule has 0 aliphatic carbocycles. The molecule has 0 aliphatic rings.